The molecule has 1 amide bonds. The van der Waals surface area contributed by atoms with Crippen LogP contribution in [0.25, 0.3) is 0 Å². The fraction of sp³-hybridized carbons (Fsp3) is 0.323. The number of guanidine groups is 1. The normalized spacial score (nSPS) is 12.2. The SMILES string of the molecule is CC(C)N(CCNC(=O)C(Cc1ccccc1)N=C(NC#N)Nc1ccc(Oc2ccc(Cl)cc2)cc1)C(C)C. The second-order valence-corrected chi connectivity index (χ2v) is 10.3. The van der Waals surface area contributed by atoms with Crippen LogP contribution in [0.4, 0.5) is 5.69 Å². The number of ether oxygens (including phenoxy) is 1. The number of nitriles is 1. The number of aliphatic imine (C=N–C) groups is 1. The van der Waals surface area contributed by atoms with Gasteiger partial charge in [0.15, 0.2) is 6.19 Å². The van der Waals surface area contributed by atoms with Gasteiger partial charge in [-0.25, -0.2) is 4.99 Å². The molecule has 0 aromatic heterocycles. The maximum absolute atomic E-state index is 13.3. The predicted molar refractivity (Wildman–Crippen MR) is 162 cm³/mol. The minimum atomic E-state index is -0.746. The Morgan fingerprint density at radius 3 is 2.12 bits per heavy atom. The zero-order valence-corrected chi connectivity index (χ0v) is 24.2. The number of hydrogen-bond acceptors (Lipinski definition) is 5. The summed E-state index contributed by atoms with van der Waals surface area (Å²) in [6.07, 6.45) is 2.30. The van der Waals surface area contributed by atoms with Crippen molar-refractivity contribution in [1.29, 1.82) is 5.26 Å². The largest absolute Gasteiger partial charge is 0.457 e. The highest BCUT2D eigenvalue weighted by Gasteiger charge is 2.20. The number of rotatable bonds is 12. The fourth-order valence-corrected chi connectivity index (χ4v) is 4.39. The monoisotopic (exact) mass is 560 g/mol. The van der Waals surface area contributed by atoms with Crippen molar-refractivity contribution in [2.75, 3.05) is 18.4 Å². The van der Waals surface area contributed by atoms with Crippen LogP contribution in [0.5, 0.6) is 11.5 Å². The highest BCUT2D eigenvalue weighted by Crippen LogP contribution is 2.24. The standard InChI is InChI=1S/C31H37ClN6O2/c1-22(2)38(23(3)4)19-18-34-30(39)29(20-24-8-6-5-7-9-24)37-31(35-21-33)36-26-12-16-28(17-13-26)40-27-14-10-25(32)11-15-27/h5-17,22-23,29H,18-20H2,1-4H3,(H,34,39)(H2,35,36,37). The van der Waals surface area contributed by atoms with Gasteiger partial charge in [0.1, 0.15) is 17.5 Å². The molecule has 0 aliphatic heterocycles. The lowest BCUT2D eigenvalue weighted by atomic mass is 10.1. The van der Waals surface area contributed by atoms with Crippen LogP contribution >= 0.6 is 11.6 Å². The number of nitrogens with zero attached hydrogens (tertiary/aromatic N) is 3. The molecule has 3 rings (SSSR count). The molecular weight excluding hydrogens is 524 g/mol. The van der Waals surface area contributed by atoms with E-state index < -0.39 is 6.04 Å². The summed E-state index contributed by atoms with van der Waals surface area (Å²) in [5.41, 5.74) is 1.64. The first-order chi connectivity index (χ1) is 19.2. The molecular formula is C31H37ClN6O2. The Labute approximate surface area is 242 Å². The molecule has 0 aliphatic carbocycles. The Bertz CT molecular complexity index is 1260. The molecule has 210 valence electrons. The summed E-state index contributed by atoms with van der Waals surface area (Å²) in [4.78, 5) is 20.2. The molecule has 1 atom stereocenters. The third-order valence-electron chi connectivity index (χ3n) is 6.20. The molecule has 0 aliphatic rings. The predicted octanol–water partition coefficient (Wildman–Crippen LogP) is 5.82. The first-order valence-corrected chi connectivity index (χ1v) is 13.7. The molecule has 0 spiro atoms. The maximum atomic E-state index is 13.3. The van der Waals surface area contributed by atoms with E-state index in [-0.39, 0.29) is 11.9 Å². The van der Waals surface area contributed by atoms with E-state index in [2.05, 4.69) is 53.5 Å². The van der Waals surface area contributed by atoms with Gasteiger partial charge in [-0.1, -0.05) is 41.9 Å². The molecule has 0 bridgehead atoms. The lowest BCUT2D eigenvalue weighted by Crippen LogP contribution is -2.45. The summed E-state index contributed by atoms with van der Waals surface area (Å²) >= 11 is 5.94. The van der Waals surface area contributed by atoms with Crippen molar-refractivity contribution in [2.45, 2.75) is 52.2 Å². The summed E-state index contributed by atoms with van der Waals surface area (Å²) in [5, 5.41) is 18.7. The van der Waals surface area contributed by atoms with Crippen molar-refractivity contribution in [1.82, 2.24) is 15.5 Å². The van der Waals surface area contributed by atoms with E-state index in [0.717, 1.165) is 12.1 Å². The van der Waals surface area contributed by atoms with Crippen LogP contribution < -0.4 is 20.7 Å². The van der Waals surface area contributed by atoms with Crippen LogP contribution in [0.2, 0.25) is 5.02 Å². The number of hydrogen-bond donors (Lipinski definition) is 3. The highest BCUT2D eigenvalue weighted by molar-refractivity contribution is 6.30. The van der Waals surface area contributed by atoms with Gasteiger partial charge in [0.2, 0.25) is 11.9 Å². The van der Waals surface area contributed by atoms with Crippen LogP contribution in [-0.4, -0.2) is 48.0 Å². The van der Waals surface area contributed by atoms with Gasteiger partial charge in [0, 0.05) is 42.3 Å². The van der Waals surface area contributed by atoms with Gasteiger partial charge in [0.05, 0.1) is 0 Å². The second-order valence-electron chi connectivity index (χ2n) is 9.84. The van der Waals surface area contributed by atoms with Crippen molar-refractivity contribution < 1.29 is 9.53 Å². The Balaban J connectivity index is 1.73. The van der Waals surface area contributed by atoms with E-state index in [1.807, 2.05) is 36.5 Å². The zero-order valence-electron chi connectivity index (χ0n) is 23.4. The third-order valence-corrected chi connectivity index (χ3v) is 6.45. The third kappa shape index (κ3) is 9.92. The number of anilines is 1. The van der Waals surface area contributed by atoms with Gasteiger partial charge < -0.3 is 15.4 Å². The van der Waals surface area contributed by atoms with Crippen molar-refractivity contribution in [3.05, 3.63) is 89.4 Å². The molecule has 3 N–H and O–H groups in total. The zero-order chi connectivity index (χ0) is 28.9. The maximum Gasteiger partial charge on any atom is 0.245 e. The first kappa shape index (κ1) is 30.5. The topological polar surface area (TPSA) is 102 Å². The van der Waals surface area contributed by atoms with Crippen LogP contribution in [-0.2, 0) is 11.2 Å². The average Bonchev–Trinajstić information content (AvgIpc) is 2.93. The van der Waals surface area contributed by atoms with Crippen LogP contribution in [0, 0.1) is 11.5 Å². The van der Waals surface area contributed by atoms with Crippen molar-refractivity contribution in [2.24, 2.45) is 4.99 Å². The molecule has 0 saturated heterocycles. The van der Waals surface area contributed by atoms with E-state index in [1.165, 1.54) is 0 Å². The number of amides is 1. The smallest absolute Gasteiger partial charge is 0.245 e. The van der Waals surface area contributed by atoms with E-state index in [0.29, 0.717) is 47.3 Å². The van der Waals surface area contributed by atoms with Crippen molar-refractivity contribution >= 4 is 29.2 Å². The Hall–Kier alpha value is -4.06. The van der Waals surface area contributed by atoms with Gasteiger partial charge in [-0.05, 0) is 81.8 Å². The van der Waals surface area contributed by atoms with Crippen LogP contribution in [0.1, 0.15) is 33.3 Å². The molecule has 3 aromatic carbocycles. The summed E-state index contributed by atoms with van der Waals surface area (Å²) < 4.78 is 5.85. The Kier molecular flexibility index (Phi) is 11.8. The van der Waals surface area contributed by atoms with Crippen LogP contribution in [0.15, 0.2) is 83.9 Å². The van der Waals surface area contributed by atoms with Gasteiger partial charge in [0.25, 0.3) is 0 Å². The minimum Gasteiger partial charge on any atom is -0.457 e. The molecule has 0 saturated carbocycles. The van der Waals surface area contributed by atoms with Gasteiger partial charge in [-0.3, -0.25) is 15.0 Å². The number of halogens is 1. The summed E-state index contributed by atoms with van der Waals surface area (Å²) in [6.45, 7) is 9.81. The average molecular weight is 561 g/mol. The molecule has 3 aromatic rings. The number of carbonyl (C=O) groups is 1. The van der Waals surface area contributed by atoms with Crippen molar-refractivity contribution in [3.8, 4) is 17.7 Å². The van der Waals surface area contributed by atoms with E-state index in [4.69, 9.17) is 16.3 Å². The minimum absolute atomic E-state index is 0.177. The molecule has 9 heteroatoms. The molecule has 0 heterocycles. The van der Waals surface area contributed by atoms with Crippen molar-refractivity contribution in [3.63, 3.8) is 0 Å². The lowest BCUT2D eigenvalue weighted by Gasteiger charge is -2.30. The molecule has 1 unspecified atom stereocenters. The lowest BCUT2D eigenvalue weighted by molar-refractivity contribution is -0.122. The van der Waals surface area contributed by atoms with E-state index in [1.54, 1.807) is 48.5 Å². The van der Waals surface area contributed by atoms with Gasteiger partial charge in [-0.15, -0.1) is 0 Å². The molecule has 40 heavy (non-hydrogen) atoms. The number of carbonyl (C=O) groups excluding carboxylic acids is 1. The Morgan fingerprint density at radius 1 is 0.950 bits per heavy atom. The second kappa shape index (κ2) is 15.5. The van der Waals surface area contributed by atoms with Gasteiger partial charge >= 0.3 is 0 Å². The molecule has 8 nitrogen and oxygen atoms in total. The summed E-state index contributed by atoms with van der Waals surface area (Å²) in [7, 11) is 0. The quantitative estimate of drug-likeness (QED) is 0.112. The highest BCUT2D eigenvalue weighted by atomic mass is 35.5. The van der Waals surface area contributed by atoms with E-state index >= 15 is 0 Å². The molecule has 0 fully saturated rings. The first-order valence-electron chi connectivity index (χ1n) is 13.4. The summed E-state index contributed by atoms with van der Waals surface area (Å²) in [5.74, 6) is 1.27. The van der Waals surface area contributed by atoms with E-state index in [9.17, 15) is 10.1 Å². The number of benzene rings is 3. The van der Waals surface area contributed by atoms with Gasteiger partial charge in [-0.2, -0.15) is 5.26 Å². The molecule has 0 radical (unpaired) electrons. The summed E-state index contributed by atoms with van der Waals surface area (Å²) in [6, 6.07) is 24.0. The Morgan fingerprint density at radius 2 is 1.55 bits per heavy atom. The number of nitrogens with one attached hydrogen (secondary N) is 3. The van der Waals surface area contributed by atoms with Crippen LogP contribution in [0.3, 0.4) is 0 Å². The fourth-order valence-electron chi connectivity index (χ4n) is 4.26.